The van der Waals surface area contributed by atoms with Gasteiger partial charge in [-0.3, -0.25) is 4.79 Å². The molecule has 0 atom stereocenters. The second-order valence-electron chi connectivity index (χ2n) is 6.19. The fraction of sp³-hybridized carbons (Fsp3) is 0.278. The topological polar surface area (TPSA) is 66.5 Å². The number of nitrogens with one attached hydrogen (secondary N) is 1. The number of hydrogen-bond acceptors (Lipinski definition) is 3. The van der Waals surface area contributed by atoms with E-state index in [9.17, 15) is 13.2 Å². The third kappa shape index (κ3) is 4.46. The summed E-state index contributed by atoms with van der Waals surface area (Å²) in [5.41, 5.74) is 1.71. The van der Waals surface area contributed by atoms with Crippen molar-refractivity contribution in [2.75, 3.05) is 12.4 Å². The molecule has 5 nitrogen and oxygen atoms in total. The maximum Gasteiger partial charge on any atom is 0.257 e. The van der Waals surface area contributed by atoms with Crippen LogP contribution in [0.3, 0.4) is 0 Å². The number of amides is 1. The van der Waals surface area contributed by atoms with E-state index in [1.165, 1.54) is 29.6 Å². The highest BCUT2D eigenvalue weighted by atomic mass is 79.9. The highest BCUT2D eigenvalue weighted by molar-refractivity contribution is 9.10. The first-order chi connectivity index (χ1) is 12.0. The van der Waals surface area contributed by atoms with E-state index in [0.29, 0.717) is 5.69 Å². The van der Waals surface area contributed by atoms with Crippen LogP contribution in [0, 0.1) is 6.92 Å². The van der Waals surface area contributed by atoms with Crippen molar-refractivity contribution in [2.24, 2.45) is 0 Å². The van der Waals surface area contributed by atoms with Gasteiger partial charge in [0.25, 0.3) is 5.91 Å². The molecule has 0 spiro atoms. The summed E-state index contributed by atoms with van der Waals surface area (Å²) in [4.78, 5) is 12.6. The maximum atomic E-state index is 12.7. The molecular weight excluding hydrogens is 440 g/mol. The van der Waals surface area contributed by atoms with Crippen LogP contribution >= 0.6 is 27.5 Å². The monoisotopic (exact) mass is 458 g/mol. The van der Waals surface area contributed by atoms with E-state index in [2.05, 4.69) is 21.2 Å². The van der Waals surface area contributed by atoms with Gasteiger partial charge in [0.15, 0.2) is 0 Å². The van der Waals surface area contributed by atoms with Gasteiger partial charge in [0.05, 0.1) is 21.2 Å². The molecule has 0 bridgehead atoms. The Hall–Kier alpha value is -1.41. The fourth-order valence-corrected chi connectivity index (χ4v) is 4.38. The van der Waals surface area contributed by atoms with Gasteiger partial charge in [-0.1, -0.05) is 17.7 Å². The summed E-state index contributed by atoms with van der Waals surface area (Å²) in [5, 5.41) is 2.92. The van der Waals surface area contributed by atoms with Crippen LogP contribution in [0.5, 0.6) is 0 Å². The average Bonchev–Trinajstić information content (AvgIpc) is 2.56. The van der Waals surface area contributed by atoms with Crippen LogP contribution in [0.1, 0.15) is 29.8 Å². The molecule has 1 N–H and O–H groups in total. The van der Waals surface area contributed by atoms with Gasteiger partial charge in [0, 0.05) is 17.6 Å². The molecule has 0 heterocycles. The molecule has 0 unspecified atom stereocenters. The Morgan fingerprint density at radius 2 is 1.85 bits per heavy atom. The molecule has 0 aromatic heterocycles. The van der Waals surface area contributed by atoms with E-state index in [1.54, 1.807) is 19.9 Å². The van der Waals surface area contributed by atoms with Crippen LogP contribution in [-0.2, 0) is 10.0 Å². The van der Waals surface area contributed by atoms with Crippen molar-refractivity contribution >= 4 is 49.1 Å². The normalized spacial score (nSPS) is 11.8. The van der Waals surface area contributed by atoms with Crippen molar-refractivity contribution < 1.29 is 13.2 Å². The minimum Gasteiger partial charge on any atom is -0.321 e. The summed E-state index contributed by atoms with van der Waals surface area (Å²) in [6, 6.07) is 9.40. The number of halogens is 2. The Bertz CT molecular complexity index is 945. The Labute approximate surface area is 167 Å². The number of anilines is 1. The number of aryl methyl sites for hydroxylation is 1. The van der Waals surface area contributed by atoms with Gasteiger partial charge in [0.1, 0.15) is 0 Å². The third-order valence-corrected chi connectivity index (χ3v) is 6.97. The minimum absolute atomic E-state index is 0.0196. The van der Waals surface area contributed by atoms with E-state index >= 15 is 0 Å². The molecular formula is C18H20BrClN2O3S. The van der Waals surface area contributed by atoms with Crippen LogP contribution in [0.2, 0.25) is 5.02 Å². The Balaban J connectivity index is 2.39. The molecule has 26 heavy (non-hydrogen) atoms. The largest absolute Gasteiger partial charge is 0.321 e. The molecule has 140 valence electrons. The van der Waals surface area contributed by atoms with E-state index in [4.69, 9.17) is 11.6 Å². The molecule has 2 aromatic carbocycles. The van der Waals surface area contributed by atoms with Crippen LogP contribution in [0.15, 0.2) is 45.8 Å². The van der Waals surface area contributed by atoms with Crippen molar-refractivity contribution in [3.05, 3.63) is 57.0 Å². The molecule has 0 aliphatic rings. The lowest BCUT2D eigenvalue weighted by Gasteiger charge is -2.21. The molecule has 2 aromatic rings. The fourth-order valence-electron chi connectivity index (χ4n) is 2.19. The Morgan fingerprint density at radius 3 is 2.42 bits per heavy atom. The predicted octanol–water partition coefficient (Wildman–Crippen LogP) is 4.69. The summed E-state index contributed by atoms with van der Waals surface area (Å²) in [5.74, 6) is -0.483. The number of sulfonamides is 1. The van der Waals surface area contributed by atoms with Crippen molar-refractivity contribution in [2.45, 2.75) is 31.7 Å². The van der Waals surface area contributed by atoms with Gasteiger partial charge in [-0.05, 0) is 72.6 Å². The molecule has 8 heteroatoms. The summed E-state index contributed by atoms with van der Waals surface area (Å²) < 4.78 is 27.3. The summed E-state index contributed by atoms with van der Waals surface area (Å²) in [6.45, 7) is 5.48. The lowest BCUT2D eigenvalue weighted by atomic mass is 10.2. The standard InChI is InChI=1S/C18H20BrClN2O3S/c1-11(2)22(4)26(24,25)13-6-7-16(20)14(10-13)18(23)21-17-8-5-12(3)9-15(17)19/h5-11H,1-4H3,(H,21,23). The molecule has 0 saturated heterocycles. The highest BCUT2D eigenvalue weighted by Gasteiger charge is 2.25. The van der Waals surface area contributed by atoms with Gasteiger partial charge < -0.3 is 5.32 Å². The Morgan fingerprint density at radius 1 is 1.19 bits per heavy atom. The van der Waals surface area contributed by atoms with Crippen molar-refractivity contribution in [1.29, 1.82) is 0 Å². The molecule has 0 aliphatic heterocycles. The lowest BCUT2D eigenvalue weighted by Crippen LogP contribution is -2.33. The Kier molecular flexibility index (Phi) is 6.50. The summed E-state index contributed by atoms with van der Waals surface area (Å²) in [6.07, 6.45) is 0. The van der Waals surface area contributed by atoms with Gasteiger partial charge in [-0.25, -0.2) is 8.42 Å². The SMILES string of the molecule is Cc1ccc(NC(=O)c2cc(S(=O)(=O)N(C)C(C)C)ccc2Cl)c(Br)c1. The zero-order chi connectivity index (χ0) is 19.6. The van der Waals surface area contributed by atoms with Gasteiger partial charge in [0.2, 0.25) is 10.0 Å². The van der Waals surface area contributed by atoms with Crippen LogP contribution in [-0.4, -0.2) is 31.7 Å². The molecule has 0 radical (unpaired) electrons. The van der Waals surface area contributed by atoms with E-state index in [-0.39, 0.29) is 21.5 Å². The van der Waals surface area contributed by atoms with E-state index < -0.39 is 15.9 Å². The first kappa shape index (κ1) is 20.9. The second kappa shape index (κ2) is 8.08. The summed E-state index contributed by atoms with van der Waals surface area (Å²) >= 11 is 9.53. The molecule has 0 aliphatic carbocycles. The van der Waals surface area contributed by atoms with Crippen molar-refractivity contribution in [1.82, 2.24) is 4.31 Å². The van der Waals surface area contributed by atoms with Gasteiger partial charge in [-0.15, -0.1) is 0 Å². The molecule has 0 saturated carbocycles. The minimum atomic E-state index is -3.71. The number of nitrogens with zero attached hydrogens (tertiary/aromatic N) is 1. The number of benzene rings is 2. The third-order valence-electron chi connectivity index (χ3n) is 3.96. The smallest absolute Gasteiger partial charge is 0.257 e. The summed E-state index contributed by atoms with van der Waals surface area (Å²) in [7, 11) is -2.21. The molecule has 2 rings (SSSR count). The highest BCUT2D eigenvalue weighted by Crippen LogP contribution is 2.27. The van der Waals surface area contributed by atoms with Crippen LogP contribution in [0.25, 0.3) is 0 Å². The maximum absolute atomic E-state index is 12.7. The van der Waals surface area contributed by atoms with Gasteiger partial charge in [-0.2, -0.15) is 4.31 Å². The number of carbonyl (C=O) groups excluding carboxylic acids is 1. The molecule has 0 fully saturated rings. The van der Waals surface area contributed by atoms with E-state index in [1.807, 2.05) is 19.1 Å². The van der Waals surface area contributed by atoms with Crippen molar-refractivity contribution in [3.8, 4) is 0 Å². The zero-order valence-corrected chi connectivity index (χ0v) is 18.0. The lowest BCUT2D eigenvalue weighted by molar-refractivity contribution is 0.102. The van der Waals surface area contributed by atoms with Crippen LogP contribution in [0.4, 0.5) is 5.69 Å². The quantitative estimate of drug-likeness (QED) is 0.705. The number of rotatable bonds is 5. The molecule has 1 amide bonds. The first-order valence-corrected chi connectivity index (χ1v) is 10.5. The van der Waals surface area contributed by atoms with Gasteiger partial charge >= 0.3 is 0 Å². The predicted molar refractivity (Wildman–Crippen MR) is 108 cm³/mol. The van der Waals surface area contributed by atoms with Crippen LogP contribution < -0.4 is 5.32 Å². The zero-order valence-electron chi connectivity index (χ0n) is 14.9. The number of hydrogen-bond donors (Lipinski definition) is 1. The first-order valence-electron chi connectivity index (χ1n) is 7.89. The van der Waals surface area contributed by atoms with E-state index in [0.717, 1.165) is 10.0 Å². The van der Waals surface area contributed by atoms with Crippen molar-refractivity contribution in [3.63, 3.8) is 0 Å². The second-order valence-corrected chi connectivity index (χ2v) is 9.45. The average molecular weight is 460 g/mol. The number of carbonyl (C=O) groups is 1.